The normalized spacial score (nSPS) is 22.2. The number of aryl methyl sites for hydroxylation is 1. The van der Waals surface area contributed by atoms with Crippen LogP contribution in [0, 0.1) is 6.92 Å². The van der Waals surface area contributed by atoms with E-state index in [1.54, 1.807) is 12.4 Å². The van der Waals surface area contributed by atoms with Crippen molar-refractivity contribution in [2.24, 2.45) is 0 Å². The average molecular weight is 339 g/mol. The van der Waals surface area contributed by atoms with Crippen molar-refractivity contribution in [2.45, 2.75) is 44.8 Å². The molecule has 1 saturated carbocycles. The SMILES string of the molecule is Cc1cc(Nc2cccnc2)nc(C2CN(C3CCCC3)CCO2)n1. The molecule has 1 atom stereocenters. The molecule has 132 valence electrons. The van der Waals surface area contributed by atoms with Crippen LogP contribution < -0.4 is 5.32 Å². The molecular weight excluding hydrogens is 314 g/mol. The minimum absolute atomic E-state index is 0.0521. The molecule has 0 aromatic carbocycles. The van der Waals surface area contributed by atoms with E-state index in [1.165, 1.54) is 25.7 Å². The predicted molar refractivity (Wildman–Crippen MR) is 96.8 cm³/mol. The molecule has 6 heteroatoms. The van der Waals surface area contributed by atoms with E-state index in [9.17, 15) is 0 Å². The number of anilines is 2. The van der Waals surface area contributed by atoms with Crippen LogP contribution in [0.25, 0.3) is 0 Å². The molecule has 2 aliphatic rings. The summed E-state index contributed by atoms with van der Waals surface area (Å²) < 4.78 is 6.01. The minimum atomic E-state index is -0.0521. The Kier molecular flexibility index (Phi) is 4.90. The van der Waals surface area contributed by atoms with Gasteiger partial charge in [-0.3, -0.25) is 9.88 Å². The molecule has 1 aliphatic heterocycles. The lowest BCUT2D eigenvalue weighted by Gasteiger charge is -2.36. The van der Waals surface area contributed by atoms with Gasteiger partial charge >= 0.3 is 0 Å². The zero-order valence-electron chi connectivity index (χ0n) is 14.7. The van der Waals surface area contributed by atoms with Crippen LogP contribution in [0.15, 0.2) is 30.6 Å². The van der Waals surface area contributed by atoms with Crippen molar-refractivity contribution in [3.8, 4) is 0 Å². The Morgan fingerprint density at radius 1 is 1.24 bits per heavy atom. The van der Waals surface area contributed by atoms with E-state index in [0.29, 0.717) is 6.04 Å². The summed E-state index contributed by atoms with van der Waals surface area (Å²) in [4.78, 5) is 16.1. The number of nitrogens with one attached hydrogen (secondary N) is 1. The lowest BCUT2D eigenvalue weighted by Crippen LogP contribution is -2.44. The number of pyridine rings is 1. The second-order valence-corrected chi connectivity index (χ2v) is 6.91. The topological polar surface area (TPSA) is 63.2 Å². The zero-order chi connectivity index (χ0) is 17.1. The van der Waals surface area contributed by atoms with E-state index < -0.39 is 0 Å². The quantitative estimate of drug-likeness (QED) is 0.923. The molecular formula is C19H25N5O. The third-order valence-corrected chi connectivity index (χ3v) is 5.03. The summed E-state index contributed by atoms with van der Waals surface area (Å²) in [6, 6.07) is 6.54. The molecule has 0 bridgehead atoms. The van der Waals surface area contributed by atoms with Crippen LogP contribution in [0.4, 0.5) is 11.5 Å². The van der Waals surface area contributed by atoms with Gasteiger partial charge in [-0.25, -0.2) is 9.97 Å². The van der Waals surface area contributed by atoms with Gasteiger partial charge in [0.15, 0.2) is 5.82 Å². The van der Waals surface area contributed by atoms with Crippen molar-refractivity contribution in [1.29, 1.82) is 0 Å². The lowest BCUT2D eigenvalue weighted by atomic mass is 10.1. The van der Waals surface area contributed by atoms with Crippen LogP contribution in [-0.2, 0) is 4.74 Å². The summed E-state index contributed by atoms with van der Waals surface area (Å²) in [5, 5.41) is 3.31. The first-order chi connectivity index (χ1) is 12.3. The fraction of sp³-hybridized carbons (Fsp3) is 0.526. The van der Waals surface area contributed by atoms with Crippen LogP contribution in [0.5, 0.6) is 0 Å². The number of ether oxygens (including phenoxy) is 1. The maximum absolute atomic E-state index is 6.01. The van der Waals surface area contributed by atoms with Gasteiger partial charge in [-0.05, 0) is 31.9 Å². The molecule has 1 aliphatic carbocycles. The van der Waals surface area contributed by atoms with Crippen molar-refractivity contribution in [2.75, 3.05) is 25.0 Å². The predicted octanol–water partition coefficient (Wildman–Crippen LogP) is 3.24. The third-order valence-electron chi connectivity index (χ3n) is 5.03. The summed E-state index contributed by atoms with van der Waals surface area (Å²) in [5.74, 6) is 1.56. The zero-order valence-corrected chi connectivity index (χ0v) is 14.7. The molecule has 3 heterocycles. The Morgan fingerprint density at radius 2 is 2.12 bits per heavy atom. The van der Waals surface area contributed by atoms with E-state index in [-0.39, 0.29) is 6.10 Å². The van der Waals surface area contributed by atoms with Gasteiger partial charge in [-0.15, -0.1) is 0 Å². The van der Waals surface area contributed by atoms with Gasteiger partial charge in [0.1, 0.15) is 11.9 Å². The van der Waals surface area contributed by atoms with Crippen LogP contribution in [0.3, 0.4) is 0 Å². The molecule has 4 rings (SSSR count). The maximum Gasteiger partial charge on any atom is 0.161 e. The largest absolute Gasteiger partial charge is 0.368 e. The van der Waals surface area contributed by atoms with Gasteiger partial charge in [0.2, 0.25) is 0 Å². The van der Waals surface area contributed by atoms with Gasteiger partial charge < -0.3 is 10.1 Å². The minimum Gasteiger partial charge on any atom is -0.368 e. The Hall–Kier alpha value is -2.05. The van der Waals surface area contributed by atoms with Gasteiger partial charge in [0.25, 0.3) is 0 Å². The fourth-order valence-corrected chi connectivity index (χ4v) is 3.81. The van der Waals surface area contributed by atoms with Crippen LogP contribution in [0.2, 0.25) is 0 Å². The molecule has 1 saturated heterocycles. The van der Waals surface area contributed by atoms with Crippen molar-refractivity contribution in [1.82, 2.24) is 19.9 Å². The summed E-state index contributed by atoms with van der Waals surface area (Å²) in [6.45, 7) is 4.66. The highest BCUT2D eigenvalue weighted by Gasteiger charge is 2.30. The first-order valence-corrected chi connectivity index (χ1v) is 9.16. The number of nitrogens with zero attached hydrogens (tertiary/aromatic N) is 4. The lowest BCUT2D eigenvalue weighted by molar-refractivity contribution is -0.0480. The highest BCUT2D eigenvalue weighted by Crippen LogP contribution is 2.29. The first-order valence-electron chi connectivity index (χ1n) is 9.16. The van der Waals surface area contributed by atoms with Crippen LogP contribution >= 0.6 is 0 Å². The second kappa shape index (κ2) is 7.45. The molecule has 1 N–H and O–H groups in total. The molecule has 25 heavy (non-hydrogen) atoms. The van der Waals surface area contributed by atoms with Crippen molar-refractivity contribution in [3.63, 3.8) is 0 Å². The monoisotopic (exact) mass is 339 g/mol. The molecule has 2 aromatic heterocycles. The standard InChI is InChI=1S/C19H25N5O/c1-14-11-18(22-15-5-4-8-20-12-15)23-19(21-14)17-13-24(9-10-25-17)16-6-2-3-7-16/h4-5,8,11-12,16-17H,2-3,6-7,9-10,13H2,1H3,(H,21,22,23). The number of hydrogen-bond donors (Lipinski definition) is 1. The van der Waals surface area contributed by atoms with Gasteiger partial charge in [0, 0.05) is 37.1 Å². The maximum atomic E-state index is 6.01. The Morgan fingerprint density at radius 3 is 2.92 bits per heavy atom. The number of aromatic nitrogens is 3. The van der Waals surface area contributed by atoms with E-state index in [0.717, 1.165) is 42.7 Å². The second-order valence-electron chi connectivity index (χ2n) is 6.91. The molecule has 0 spiro atoms. The van der Waals surface area contributed by atoms with Gasteiger partial charge in [0.05, 0.1) is 18.5 Å². The average Bonchev–Trinajstić information content (AvgIpc) is 3.17. The number of morpholine rings is 1. The van der Waals surface area contributed by atoms with Crippen molar-refractivity contribution >= 4 is 11.5 Å². The fourth-order valence-electron chi connectivity index (χ4n) is 3.81. The van der Waals surface area contributed by atoms with Gasteiger partial charge in [-0.1, -0.05) is 12.8 Å². The smallest absolute Gasteiger partial charge is 0.161 e. The molecule has 0 radical (unpaired) electrons. The number of rotatable bonds is 4. The molecule has 2 fully saturated rings. The first kappa shape index (κ1) is 16.4. The van der Waals surface area contributed by atoms with E-state index in [2.05, 4.69) is 20.2 Å². The highest BCUT2D eigenvalue weighted by atomic mass is 16.5. The Bertz CT molecular complexity index is 702. The van der Waals surface area contributed by atoms with E-state index >= 15 is 0 Å². The van der Waals surface area contributed by atoms with Crippen LogP contribution in [0.1, 0.15) is 43.3 Å². The van der Waals surface area contributed by atoms with Crippen LogP contribution in [-0.4, -0.2) is 45.6 Å². The molecule has 0 amide bonds. The number of hydrogen-bond acceptors (Lipinski definition) is 6. The summed E-state index contributed by atoms with van der Waals surface area (Å²) in [5.41, 5.74) is 1.86. The van der Waals surface area contributed by atoms with Gasteiger partial charge in [-0.2, -0.15) is 0 Å². The van der Waals surface area contributed by atoms with E-state index in [4.69, 9.17) is 9.72 Å². The summed E-state index contributed by atoms with van der Waals surface area (Å²) in [6.07, 6.45) is 8.83. The van der Waals surface area contributed by atoms with Crippen molar-refractivity contribution < 1.29 is 4.74 Å². The molecule has 2 aromatic rings. The van der Waals surface area contributed by atoms with Crippen molar-refractivity contribution in [3.05, 3.63) is 42.1 Å². The molecule has 1 unspecified atom stereocenters. The third kappa shape index (κ3) is 3.96. The Labute approximate surface area is 148 Å². The summed E-state index contributed by atoms with van der Waals surface area (Å²) >= 11 is 0. The Balaban J connectivity index is 1.51. The molecule has 6 nitrogen and oxygen atoms in total. The summed E-state index contributed by atoms with van der Waals surface area (Å²) in [7, 11) is 0. The highest BCUT2D eigenvalue weighted by molar-refractivity contribution is 5.54. The van der Waals surface area contributed by atoms with E-state index in [1.807, 2.05) is 25.1 Å².